The van der Waals surface area contributed by atoms with E-state index in [9.17, 15) is 14.4 Å². The van der Waals surface area contributed by atoms with E-state index < -0.39 is 17.8 Å². The third-order valence-electron chi connectivity index (χ3n) is 4.97. The molecule has 0 atom stereocenters. The minimum absolute atomic E-state index is 0.00107. The molecule has 2 aromatic heterocycles. The monoisotopic (exact) mass is 447 g/mol. The third-order valence-corrected chi connectivity index (χ3v) is 4.97. The number of carbonyl (C=O) groups is 3. The van der Waals surface area contributed by atoms with Gasteiger partial charge in [-0.15, -0.1) is 0 Å². The summed E-state index contributed by atoms with van der Waals surface area (Å²) in [6.45, 7) is 3.49. The molecule has 4 aromatic rings. The zero-order valence-electron chi connectivity index (χ0n) is 18.0. The smallest absolute Gasteiger partial charge is 0.374 e. The minimum atomic E-state index is -0.627. The third kappa shape index (κ3) is 4.64. The number of ether oxygens (including phenoxy) is 2. The Bertz CT molecular complexity index is 1320. The standard InChI is InChI=1S/C25H21NO7/c1-3-30-25(29)22-18(17-7-4-5-8-20(17)33-22)14-32-24(28)16-11-10-15(2)19(13-16)26-23(27)21-9-6-12-31-21/h4-13H,3,14H2,1-2H3,(H,26,27). The van der Waals surface area contributed by atoms with Crippen molar-refractivity contribution in [1.29, 1.82) is 0 Å². The first-order valence-electron chi connectivity index (χ1n) is 10.3. The highest BCUT2D eigenvalue weighted by atomic mass is 16.5. The average molecular weight is 447 g/mol. The molecule has 0 saturated carbocycles. The molecule has 1 N–H and O–H groups in total. The predicted molar refractivity (Wildman–Crippen MR) is 119 cm³/mol. The molecule has 0 unspecified atom stereocenters. The zero-order valence-corrected chi connectivity index (χ0v) is 18.0. The Kier molecular flexibility index (Phi) is 6.26. The number of nitrogens with one attached hydrogen (secondary N) is 1. The van der Waals surface area contributed by atoms with Crippen molar-refractivity contribution in [3.05, 3.63) is 89.1 Å². The fourth-order valence-corrected chi connectivity index (χ4v) is 3.30. The molecule has 4 rings (SSSR count). The van der Waals surface area contributed by atoms with Gasteiger partial charge < -0.3 is 23.6 Å². The van der Waals surface area contributed by atoms with Gasteiger partial charge in [0.05, 0.1) is 24.0 Å². The summed E-state index contributed by atoms with van der Waals surface area (Å²) in [7, 11) is 0. The van der Waals surface area contributed by atoms with E-state index in [-0.39, 0.29) is 30.3 Å². The Balaban J connectivity index is 1.54. The van der Waals surface area contributed by atoms with Gasteiger partial charge in [0.15, 0.2) is 5.76 Å². The molecular weight excluding hydrogens is 426 g/mol. The second-order valence-electron chi connectivity index (χ2n) is 7.16. The van der Waals surface area contributed by atoms with Crippen LogP contribution in [0.25, 0.3) is 11.0 Å². The van der Waals surface area contributed by atoms with Crippen LogP contribution in [-0.4, -0.2) is 24.5 Å². The molecule has 0 aliphatic carbocycles. The lowest BCUT2D eigenvalue weighted by atomic mass is 10.1. The van der Waals surface area contributed by atoms with Gasteiger partial charge in [-0.2, -0.15) is 0 Å². The summed E-state index contributed by atoms with van der Waals surface area (Å²) in [5.74, 6) is -1.53. The SMILES string of the molecule is CCOC(=O)c1oc2ccccc2c1COC(=O)c1ccc(C)c(NC(=O)c2ccco2)c1. The fourth-order valence-electron chi connectivity index (χ4n) is 3.30. The number of furan rings is 2. The summed E-state index contributed by atoms with van der Waals surface area (Å²) < 4.78 is 21.3. The van der Waals surface area contributed by atoms with E-state index >= 15 is 0 Å². The highest BCUT2D eigenvalue weighted by Gasteiger charge is 2.23. The highest BCUT2D eigenvalue weighted by Crippen LogP contribution is 2.28. The molecule has 0 fully saturated rings. The van der Waals surface area contributed by atoms with Gasteiger partial charge >= 0.3 is 11.9 Å². The summed E-state index contributed by atoms with van der Waals surface area (Å²) in [5.41, 5.74) is 2.37. The highest BCUT2D eigenvalue weighted by molar-refractivity contribution is 6.03. The fraction of sp³-hybridized carbons (Fsp3) is 0.160. The number of aryl methyl sites for hydroxylation is 1. The van der Waals surface area contributed by atoms with Crippen molar-refractivity contribution in [2.45, 2.75) is 20.5 Å². The quantitative estimate of drug-likeness (QED) is 0.392. The predicted octanol–water partition coefficient (Wildman–Crippen LogP) is 5.12. The second kappa shape index (κ2) is 9.44. The van der Waals surface area contributed by atoms with E-state index in [1.807, 2.05) is 0 Å². The van der Waals surface area contributed by atoms with E-state index in [0.29, 0.717) is 22.2 Å². The Morgan fingerprint density at radius 1 is 0.970 bits per heavy atom. The van der Waals surface area contributed by atoms with Crippen molar-refractivity contribution in [2.75, 3.05) is 11.9 Å². The van der Waals surface area contributed by atoms with Crippen molar-refractivity contribution >= 4 is 34.5 Å². The number of hydrogen-bond donors (Lipinski definition) is 1. The van der Waals surface area contributed by atoms with Crippen molar-refractivity contribution in [2.24, 2.45) is 0 Å². The van der Waals surface area contributed by atoms with E-state index in [0.717, 1.165) is 5.56 Å². The van der Waals surface area contributed by atoms with Crippen molar-refractivity contribution in [1.82, 2.24) is 0 Å². The molecular formula is C25H21NO7. The molecule has 0 aliphatic rings. The number of benzene rings is 2. The first-order valence-corrected chi connectivity index (χ1v) is 10.3. The number of hydrogen-bond acceptors (Lipinski definition) is 7. The normalized spacial score (nSPS) is 10.7. The van der Waals surface area contributed by atoms with Crippen LogP contribution in [0.5, 0.6) is 0 Å². The van der Waals surface area contributed by atoms with E-state index in [1.165, 1.54) is 12.3 Å². The number of rotatable bonds is 7. The Labute approximate surface area is 189 Å². The van der Waals surface area contributed by atoms with Gasteiger partial charge in [-0.3, -0.25) is 4.79 Å². The van der Waals surface area contributed by atoms with Gasteiger partial charge in [-0.05, 0) is 49.7 Å². The van der Waals surface area contributed by atoms with E-state index in [2.05, 4.69) is 5.32 Å². The zero-order chi connectivity index (χ0) is 23.4. The molecule has 0 spiro atoms. The molecule has 168 valence electrons. The largest absolute Gasteiger partial charge is 0.460 e. The lowest BCUT2D eigenvalue weighted by Gasteiger charge is -2.10. The summed E-state index contributed by atoms with van der Waals surface area (Å²) in [6.07, 6.45) is 1.40. The summed E-state index contributed by atoms with van der Waals surface area (Å²) in [4.78, 5) is 37.4. The molecule has 1 amide bonds. The number of amides is 1. The number of anilines is 1. The van der Waals surface area contributed by atoms with Crippen LogP contribution < -0.4 is 5.32 Å². The van der Waals surface area contributed by atoms with Crippen LogP contribution in [0, 0.1) is 6.92 Å². The second-order valence-corrected chi connectivity index (χ2v) is 7.16. The minimum Gasteiger partial charge on any atom is -0.460 e. The maximum atomic E-state index is 12.8. The molecule has 0 radical (unpaired) electrons. The lowest BCUT2D eigenvalue weighted by Crippen LogP contribution is -2.13. The molecule has 33 heavy (non-hydrogen) atoms. The molecule has 2 aromatic carbocycles. The van der Waals surface area contributed by atoms with Crippen molar-refractivity contribution < 1.29 is 32.7 Å². The topological polar surface area (TPSA) is 108 Å². The summed E-state index contributed by atoms with van der Waals surface area (Å²) in [5, 5.41) is 3.38. The van der Waals surface area contributed by atoms with Gasteiger partial charge in [0.25, 0.3) is 5.91 Å². The van der Waals surface area contributed by atoms with Crippen LogP contribution in [0.15, 0.2) is 69.7 Å². The van der Waals surface area contributed by atoms with Crippen molar-refractivity contribution in [3.63, 3.8) is 0 Å². The van der Waals surface area contributed by atoms with Crippen LogP contribution in [0.3, 0.4) is 0 Å². The molecule has 0 saturated heterocycles. The Morgan fingerprint density at radius 2 is 1.79 bits per heavy atom. The number of esters is 2. The number of fused-ring (bicyclic) bond motifs is 1. The van der Waals surface area contributed by atoms with Gasteiger partial charge in [0.1, 0.15) is 12.2 Å². The van der Waals surface area contributed by atoms with Gasteiger partial charge in [0, 0.05) is 11.1 Å². The average Bonchev–Trinajstić information content (AvgIpc) is 3.47. The van der Waals surface area contributed by atoms with Gasteiger partial charge in [-0.1, -0.05) is 24.3 Å². The van der Waals surface area contributed by atoms with E-state index in [1.54, 1.807) is 62.4 Å². The molecule has 2 heterocycles. The maximum Gasteiger partial charge on any atom is 0.374 e. The maximum absolute atomic E-state index is 12.8. The first-order chi connectivity index (χ1) is 16.0. The van der Waals surface area contributed by atoms with Crippen LogP contribution >= 0.6 is 0 Å². The molecule has 8 nitrogen and oxygen atoms in total. The van der Waals surface area contributed by atoms with Crippen LogP contribution in [0.1, 0.15) is 49.5 Å². The molecule has 0 bridgehead atoms. The summed E-state index contributed by atoms with van der Waals surface area (Å²) in [6, 6.07) is 15.0. The number of carbonyl (C=O) groups excluding carboxylic acids is 3. The van der Waals surface area contributed by atoms with Crippen LogP contribution in [0.2, 0.25) is 0 Å². The Morgan fingerprint density at radius 3 is 2.55 bits per heavy atom. The Hall–Kier alpha value is -4.33. The first kappa shape index (κ1) is 21.9. The van der Waals surface area contributed by atoms with Gasteiger partial charge in [0.2, 0.25) is 5.76 Å². The molecule has 8 heteroatoms. The summed E-state index contributed by atoms with van der Waals surface area (Å²) >= 11 is 0. The van der Waals surface area contributed by atoms with Crippen LogP contribution in [-0.2, 0) is 16.1 Å². The van der Waals surface area contributed by atoms with E-state index in [4.69, 9.17) is 18.3 Å². The van der Waals surface area contributed by atoms with Crippen molar-refractivity contribution in [3.8, 4) is 0 Å². The molecule has 0 aliphatic heterocycles. The van der Waals surface area contributed by atoms with Crippen LogP contribution in [0.4, 0.5) is 5.69 Å². The lowest BCUT2D eigenvalue weighted by molar-refractivity contribution is 0.0435. The van der Waals surface area contributed by atoms with Gasteiger partial charge in [-0.25, -0.2) is 9.59 Å². The number of para-hydroxylation sites is 1.